The first kappa shape index (κ1) is 24.1. The lowest BCUT2D eigenvalue weighted by Crippen LogP contribution is -2.58. The maximum atomic E-state index is 9.54. The molecule has 3 saturated heterocycles. The minimum atomic E-state index is 0.470. The third-order valence-electron chi connectivity index (χ3n) is 8.29. The Balaban J connectivity index is 1.13. The predicted octanol–water partition coefficient (Wildman–Crippen LogP) is 2.70. The Bertz CT molecular complexity index is 1260. The second-order valence-corrected chi connectivity index (χ2v) is 10.6. The van der Waals surface area contributed by atoms with Gasteiger partial charge in [-0.15, -0.1) is 0 Å². The van der Waals surface area contributed by atoms with Crippen LogP contribution < -0.4 is 15.1 Å². The summed E-state index contributed by atoms with van der Waals surface area (Å²) < 4.78 is 0. The molecule has 8 nitrogen and oxygen atoms in total. The van der Waals surface area contributed by atoms with Gasteiger partial charge < -0.3 is 15.1 Å². The third kappa shape index (κ3) is 4.99. The van der Waals surface area contributed by atoms with E-state index < -0.39 is 0 Å². The fraction of sp³-hybridized carbons (Fsp3) is 0.483. The van der Waals surface area contributed by atoms with Crippen molar-refractivity contribution in [2.45, 2.75) is 32.0 Å². The molecule has 0 saturated carbocycles. The van der Waals surface area contributed by atoms with Crippen molar-refractivity contribution in [3.05, 3.63) is 60.0 Å². The Morgan fingerprint density at radius 1 is 0.973 bits per heavy atom. The average molecular weight is 497 g/mol. The van der Waals surface area contributed by atoms with Crippen molar-refractivity contribution in [3.63, 3.8) is 0 Å². The topological polar surface area (TPSA) is 74.6 Å². The standard InChI is InChI=1S/C29H36N8/c1-22-19-36(28-7-4-23(17-30)29-27(28)3-2-9-32-29)21-26-8-12-34(15-16-37(22)26)20-24-5-6-25(18-33-24)35-13-10-31-11-14-35/h2-7,9,18,22,26,31H,8,10-16,19-21H2,1H3/t22-,26+/m1/s1. The van der Waals surface area contributed by atoms with E-state index in [4.69, 9.17) is 4.98 Å². The highest BCUT2D eigenvalue weighted by atomic mass is 15.3. The molecule has 2 atom stereocenters. The van der Waals surface area contributed by atoms with Crippen molar-refractivity contribution < 1.29 is 0 Å². The molecule has 0 bridgehead atoms. The van der Waals surface area contributed by atoms with E-state index in [0.717, 1.165) is 88.5 Å². The molecule has 2 aromatic heterocycles. The second-order valence-electron chi connectivity index (χ2n) is 10.6. The van der Waals surface area contributed by atoms with Gasteiger partial charge in [-0.3, -0.25) is 19.8 Å². The van der Waals surface area contributed by atoms with Gasteiger partial charge in [0.25, 0.3) is 0 Å². The van der Waals surface area contributed by atoms with Crippen LogP contribution in [0.4, 0.5) is 11.4 Å². The molecule has 1 N–H and O–H groups in total. The Morgan fingerprint density at radius 3 is 2.68 bits per heavy atom. The van der Waals surface area contributed by atoms with Crippen LogP contribution in [0.15, 0.2) is 48.8 Å². The van der Waals surface area contributed by atoms with E-state index in [1.807, 2.05) is 12.1 Å². The van der Waals surface area contributed by atoms with Crippen molar-refractivity contribution in [1.29, 1.82) is 5.26 Å². The number of nitrogens with zero attached hydrogens (tertiary/aromatic N) is 7. The minimum absolute atomic E-state index is 0.470. The Morgan fingerprint density at radius 2 is 1.86 bits per heavy atom. The van der Waals surface area contributed by atoms with Gasteiger partial charge in [-0.1, -0.05) is 0 Å². The summed E-state index contributed by atoms with van der Waals surface area (Å²) in [5, 5.41) is 14.0. The summed E-state index contributed by atoms with van der Waals surface area (Å²) in [6, 6.07) is 15.9. The van der Waals surface area contributed by atoms with E-state index in [2.05, 4.69) is 73.4 Å². The highest BCUT2D eigenvalue weighted by molar-refractivity contribution is 5.95. The molecule has 0 spiro atoms. The molecule has 0 radical (unpaired) electrons. The van der Waals surface area contributed by atoms with Gasteiger partial charge in [-0.25, -0.2) is 0 Å². The highest BCUT2D eigenvalue weighted by Crippen LogP contribution is 2.32. The Labute approximate surface area is 219 Å². The molecule has 8 heteroatoms. The minimum Gasteiger partial charge on any atom is -0.368 e. The molecule has 0 amide bonds. The van der Waals surface area contributed by atoms with Crippen molar-refractivity contribution >= 4 is 22.3 Å². The lowest BCUT2D eigenvalue weighted by molar-refractivity contribution is 0.127. The maximum Gasteiger partial charge on any atom is 0.101 e. The van der Waals surface area contributed by atoms with Gasteiger partial charge >= 0.3 is 0 Å². The summed E-state index contributed by atoms with van der Waals surface area (Å²) in [6.45, 7) is 12.7. The summed E-state index contributed by atoms with van der Waals surface area (Å²) in [7, 11) is 0. The van der Waals surface area contributed by atoms with Gasteiger partial charge in [0.05, 0.1) is 28.7 Å². The number of aromatic nitrogens is 2. The van der Waals surface area contributed by atoms with Crippen LogP contribution in [0.3, 0.4) is 0 Å². The van der Waals surface area contributed by atoms with Gasteiger partial charge in [-0.2, -0.15) is 5.26 Å². The summed E-state index contributed by atoms with van der Waals surface area (Å²) in [5.41, 5.74) is 5.04. The highest BCUT2D eigenvalue weighted by Gasteiger charge is 2.34. The van der Waals surface area contributed by atoms with Crippen LogP contribution in [0.2, 0.25) is 0 Å². The van der Waals surface area contributed by atoms with Crippen LogP contribution in [0, 0.1) is 11.3 Å². The van der Waals surface area contributed by atoms with Crippen LogP contribution in [0.25, 0.3) is 10.9 Å². The monoisotopic (exact) mass is 496 g/mol. The Kier molecular flexibility index (Phi) is 6.92. The molecule has 0 aliphatic carbocycles. The number of anilines is 2. The zero-order valence-corrected chi connectivity index (χ0v) is 21.7. The van der Waals surface area contributed by atoms with Crippen LogP contribution in [-0.2, 0) is 6.54 Å². The number of pyridine rings is 2. The number of piperazine rings is 2. The van der Waals surface area contributed by atoms with E-state index in [1.54, 1.807) is 6.20 Å². The SMILES string of the molecule is C[C@@H]1CN(c2ccc(C#N)c3ncccc23)C[C@@H]2CCN(Cc3ccc(N4CCNCC4)cn3)CCN21. The quantitative estimate of drug-likeness (QED) is 0.591. The third-order valence-corrected chi connectivity index (χ3v) is 8.29. The first-order valence-corrected chi connectivity index (χ1v) is 13.6. The average Bonchev–Trinajstić information content (AvgIpc) is 3.16. The molecule has 3 aliphatic rings. The number of benzene rings is 1. The number of hydrogen-bond donors (Lipinski definition) is 1. The number of nitrogens with one attached hydrogen (secondary N) is 1. The molecule has 3 aromatic rings. The largest absolute Gasteiger partial charge is 0.368 e. The molecule has 3 aliphatic heterocycles. The normalized spacial score (nSPS) is 23.5. The number of fused-ring (bicyclic) bond motifs is 2. The van der Waals surface area contributed by atoms with Crippen molar-refractivity contribution in [2.75, 3.05) is 68.7 Å². The molecule has 0 unspecified atom stereocenters. The van der Waals surface area contributed by atoms with Crippen LogP contribution in [-0.4, -0.2) is 90.8 Å². The van der Waals surface area contributed by atoms with Gasteiger partial charge in [0.15, 0.2) is 0 Å². The zero-order chi connectivity index (χ0) is 25.2. The number of hydrogen-bond acceptors (Lipinski definition) is 8. The van der Waals surface area contributed by atoms with Crippen molar-refractivity contribution in [1.82, 2.24) is 25.1 Å². The van der Waals surface area contributed by atoms with Crippen LogP contribution in [0.5, 0.6) is 0 Å². The van der Waals surface area contributed by atoms with Gasteiger partial charge in [0.1, 0.15) is 6.07 Å². The fourth-order valence-corrected chi connectivity index (χ4v) is 6.31. The van der Waals surface area contributed by atoms with Gasteiger partial charge in [-0.05, 0) is 49.7 Å². The molecule has 192 valence electrons. The smallest absolute Gasteiger partial charge is 0.101 e. The van der Waals surface area contributed by atoms with E-state index in [-0.39, 0.29) is 0 Å². The number of rotatable bonds is 4. The molecular weight excluding hydrogens is 460 g/mol. The molecule has 5 heterocycles. The van der Waals surface area contributed by atoms with Gasteiger partial charge in [0.2, 0.25) is 0 Å². The lowest BCUT2D eigenvalue weighted by atomic mass is 10.0. The predicted molar refractivity (Wildman–Crippen MR) is 148 cm³/mol. The van der Waals surface area contributed by atoms with E-state index in [1.165, 1.54) is 11.4 Å². The summed E-state index contributed by atoms with van der Waals surface area (Å²) in [4.78, 5) is 19.6. The fourth-order valence-electron chi connectivity index (χ4n) is 6.31. The molecule has 1 aromatic carbocycles. The lowest BCUT2D eigenvalue weighted by Gasteiger charge is -2.46. The van der Waals surface area contributed by atoms with E-state index in [9.17, 15) is 5.26 Å². The first-order chi connectivity index (χ1) is 18.2. The summed E-state index contributed by atoms with van der Waals surface area (Å²) in [5.74, 6) is 0. The van der Waals surface area contributed by atoms with Crippen molar-refractivity contribution in [2.24, 2.45) is 0 Å². The van der Waals surface area contributed by atoms with Crippen LogP contribution in [0.1, 0.15) is 24.6 Å². The molecule has 37 heavy (non-hydrogen) atoms. The van der Waals surface area contributed by atoms with E-state index >= 15 is 0 Å². The van der Waals surface area contributed by atoms with Crippen molar-refractivity contribution in [3.8, 4) is 6.07 Å². The van der Waals surface area contributed by atoms with Crippen LogP contribution >= 0.6 is 0 Å². The zero-order valence-electron chi connectivity index (χ0n) is 21.7. The first-order valence-electron chi connectivity index (χ1n) is 13.6. The summed E-state index contributed by atoms with van der Waals surface area (Å²) in [6.07, 6.45) is 4.98. The molecule has 6 rings (SSSR count). The van der Waals surface area contributed by atoms with Gasteiger partial charge in [0, 0.05) is 94.8 Å². The Hall–Kier alpha value is -3.25. The second kappa shape index (κ2) is 10.6. The number of nitriles is 1. The van der Waals surface area contributed by atoms with E-state index in [0.29, 0.717) is 17.6 Å². The molecule has 3 fully saturated rings. The maximum absolute atomic E-state index is 9.54. The molecular formula is C29H36N8. The summed E-state index contributed by atoms with van der Waals surface area (Å²) >= 11 is 0.